The van der Waals surface area contributed by atoms with Crippen molar-refractivity contribution in [2.45, 2.75) is 110 Å². The first-order valence-corrected chi connectivity index (χ1v) is 13.0. The molecule has 8 atom stereocenters. The van der Waals surface area contributed by atoms with Gasteiger partial charge in [0.2, 0.25) is 0 Å². The summed E-state index contributed by atoms with van der Waals surface area (Å²) in [5, 5.41) is 0. The summed E-state index contributed by atoms with van der Waals surface area (Å²) in [4.78, 5) is 14.6. The van der Waals surface area contributed by atoms with E-state index in [0.717, 1.165) is 31.1 Å². The molecule has 4 heteroatoms. The van der Waals surface area contributed by atoms with Gasteiger partial charge in [-0.25, -0.2) is 4.79 Å². The second-order valence-electron chi connectivity index (χ2n) is 12.1. The van der Waals surface area contributed by atoms with Crippen molar-refractivity contribution in [1.29, 1.82) is 0 Å². The monoisotopic (exact) mass is 433 g/mol. The molecule has 0 radical (unpaired) electrons. The number of carbonyl (C=O) groups excluding carboxylic acids is 1. The van der Waals surface area contributed by atoms with Crippen LogP contribution in [0, 0.1) is 40.4 Å². The van der Waals surface area contributed by atoms with E-state index in [-0.39, 0.29) is 22.8 Å². The molecule has 0 aromatic carbocycles. The van der Waals surface area contributed by atoms with Crippen LogP contribution in [-0.4, -0.2) is 11.5 Å². The molecule has 0 heterocycles. The first kappa shape index (κ1) is 23.3. The molecule has 0 aromatic rings. The van der Waals surface area contributed by atoms with Gasteiger partial charge in [-0.1, -0.05) is 45.8 Å². The molecule has 4 aliphatic carbocycles. The van der Waals surface area contributed by atoms with Gasteiger partial charge >= 0.3 is 5.97 Å². The molecule has 0 aliphatic heterocycles. The van der Waals surface area contributed by atoms with Gasteiger partial charge in [0.25, 0.3) is 0 Å². The van der Waals surface area contributed by atoms with Crippen molar-refractivity contribution < 1.29 is 14.3 Å². The number of hydrogen-bond acceptors (Lipinski definition) is 3. The minimum absolute atomic E-state index is 0.0962. The lowest BCUT2D eigenvalue weighted by molar-refractivity contribution is -0.183. The molecular weight excluding hydrogens is 389 g/mol. The molecule has 2 N–H and O–H groups in total. The van der Waals surface area contributed by atoms with Crippen LogP contribution in [0.2, 0.25) is 0 Å². The summed E-state index contributed by atoms with van der Waals surface area (Å²) in [7, 11) is 0. The van der Waals surface area contributed by atoms with Crippen molar-refractivity contribution in [3.05, 3.63) is 11.6 Å². The van der Waals surface area contributed by atoms with Gasteiger partial charge in [0.15, 0.2) is 0 Å². The fourth-order valence-corrected chi connectivity index (χ4v) is 8.84. The highest BCUT2D eigenvalue weighted by Crippen LogP contribution is 2.68. The van der Waals surface area contributed by atoms with Crippen molar-refractivity contribution in [2.24, 2.45) is 46.2 Å². The number of halogens is 1. The van der Waals surface area contributed by atoms with Crippen molar-refractivity contribution in [3.63, 3.8) is 0 Å². The molecule has 0 aromatic heterocycles. The molecule has 3 nitrogen and oxygen atoms in total. The van der Waals surface area contributed by atoms with Gasteiger partial charge in [-0.15, -0.1) is 0 Å². The number of hydrogen-bond donors (Lipinski definition) is 1. The topological polar surface area (TPSA) is 52.3 Å². The third-order valence-corrected chi connectivity index (χ3v) is 11.0. The van der Waals surface area contributed by atoms with Gasteiger partial charge in [-0.05, 0) is 105 Å². The van der Waals surface area contributed by atoms with E-state index in [9.17, 15) is 9.32 Å². The Hall–Kier alpha value is -0.900. The van der Waals surface area contributed by atoms with Crippen LogP contribution in [0.25, 0.3) is 0 Å². The molecule has 0 saturated heterocycles. The largest absolute Gasteiger partial charge is 0.348 e. The number of nitrogens with two attached hydrogens (primary N) is 1. The first-order valence-electron chi connectivity index (χ1n) is 13.0. The smallest absolute Gasteiger partial charge is 0.324 e. The van der Waals surface area contributed by atoms with E-state index in [0.29, 0.717) is 17.8 Å². The number of rotatable bonds is 6. The standard InChI is InChI=1S/C27H44FNO2/c1-5-18(2)19-11-14-26(4)21(17-19)12-16-27(29)22-10-9-20(7-6-8-24(30)31-28)25(22,3)15-13-23(26)27/h12,18-20,22-23H,5-11,13-17,29H2,1-4H3. The fourth-order valence-electron chi connectivity index (χ4n) is 8.84. The maximum Gasteiger partial charge on any atom is 0.348 e. The van der Waals surface area contributed by atoms with Crippen molar-refractivity contribution >= 4 is 5.97 Å². The Labute approximate surface area is 188 Å². The molecule has 3 saturated carbocycles. The lowest BCUT2D eigenvalue weighted by atomic mass is 9.44. The van der Waals surface area contributed by atoms with Crippen LogP contribution in [0.4, 0.5) is 4.53 Å². The van der Waals surface area contributed by atoms with Gasteiger partial charge < -0.3 is 5.73 Å². The van der Waals surface area contributed by atoms with Crippen molar-refractivity contribution in [2.75, 3.05) is 0 Å². The molecule has 8 unspecified atom stereocenters. The molecule has 3 fully saturated rings. The van der Waals surface area contributed by atoms with Gasteiger partial charge in [0.1, 0.15) is 0 Å². The fraction of sp³-hybridized carbons (Fsp3) is 0.889. The second kappa shape index (κ2) is 8.47. The highest BCUT2D eigenvalue weighted by molar-refractivity contribution is 5.68. The lowest BCUT2D eigenvalue weighted by Gasteiger charge is -2.63. The number of carbonyl (C=O) groups is 1. The Morgan fingerprint density at radius 3 is 2.71 bits per heavy atom. The lowest BCUT2D eigenvalue weighted by Crippen LogP contribution is -2.66. The molecule has 0 amide bonds. The zero-order valence-electron chi connectivity index (χ0n) is 20.2. The average molecular weight is 434 g/mol. The summed E-state index contributed by atoms with van der Waals surface area (Å²) in [6.45, 7) is 9.77. The minimum atomic E-state index is -0.732. The quantitative estimate of drug-likeness (QED) is 0.463. The Balaban J connectivity index is 1.52. The molecular formula is C27H44FNO2. The summed E-state index contributed by atoms with van der Waals surface area (Å²) in [6, 6.07) is 0. The molecule has 0 bridgehead atoms. The molecule has 4 aliphatic rings. The zero-order chi connectivity index (χ0) is 22.4. The van der Waals surface area contributed by atoms with Crippen LogP contribution < -0.4 is 5.73 Å². The molecule has 176 valence electrons. The summed E-state index contributed by atoms with van der Waals surface area (Å²) in [5.41, 5.74) is 9.59. The summed E-state index contributed by atoms with van der Waals surface area (Å²) in [5.74, 6) is 2.66. The van der Waals surface area contributed by atoms with E-state index in [1.54, 1.807) is 5.57 Å². The van der Waals surface area contributed by atoms with Gasteiger partial charge in [-0.3, -0.25) is 4.94 Å². The van der Waals surface area contributed by atoms with Crippen LogP contribution in [0.5, 0.6) is 0 Å². The maximum atomic E-state index is 12.1. The van der Waals surface area contributed by atoms with Crippen molar-refractivity contribution in [3.8, 4) is 0 Å². The van der Waals surface area contributed by atoms with Crippen LogP contribution in [0.3, 0.4) is 0 Å². The van der Waals surface area contributed by atoms with Crippen LogP contribution in [0.15, 0.2) is 11.6 Å². The maximum absolute atomic E-state index is 12.1. The summed E-state index contributed by atoms with van der Waals surface area (Å²) < 4.78 is 12.1. The predicted octanol–water partition coefficient (Wildman–Crippen LogP) is 6.91. The van der Waals surface area contributed by atoms with E-state index in [4.69, 9.17) is 5.73 Å². The van der Waals surface area contributed by atoms with E-state index < -0.39 is 5.97 Å². The average Bonchev–Trinajstić information content (AvgIpc) is 3.09. The minimum Gasteiger partial charge on any atom is -0.324 e. The third kappa shape index (κ3) is 3.69. The Kier molecular flexibility index (Phi) is 6.35. The summed E-state index contributed by atoms with van der Waals surface area (Å²) >= 11 is 0. The van der Waals surface area contributed by atoms with Gasteiger partial charge in [0, 0.05) is 16.5 Å². The van der Waals surface area contributed by atoms with Gasteiger partial charge in [0.05, 0.1) is 0 Å². The highest BCUT2D eigenvalue weighted by Gasteiger charge is 2.63. The van der Waals surface area contributed by atoms with E-state index in [2.05, 4.69) is 38.7 Å². The van der Waals surface area contributed by atoms with Crippen molar-refractivity contribution in [1.82, 2.24) is 0 Å². The third-order valence-electron chi connectivity index (χ3n) is 11.0. The number of fused-ring (bicyclic) bond motifs is 5. The van der Waals surface area contributed by atoms with E-state index in [1.165, 1.54) is 51.4 Å². The Morgan fingerprint density at radius 1 is 1.23 bits per heavy atom. The zero-order valence-corrected chi connectivity index (χ0v) is 20.2. The summed E-state index contributed by atoms with van der Waals surface area (Å²) in [6.07, 6.45) is 15.6. The Morgan fingerprint density at radius 2 is 2.00 bits per heavy atom. The second-order valence-corrected chi connectivity index (χ2v) is 12.1. The first-order chi connectivity index (χ1) is 14.7. The van der Waals surface area contributed by atoms with Crippen LogP contribution >= 0.6 is 0 Å². The normalized spacial score (nSPS) is 45.2. The van der Waals surface area contributed by atoms with Gasteiger partial charge in [-0.2, -0.15) is 0 Å². The predicted molar refractivity (Wildman–Crippen MR) is 123 cm³/mol. The van der Waals surface area contributed by atoms with Crippen LogP contribution in [-0.2, 0) is 9.74 Å². The molecule has 31 heavy (non-hydrogen) atoms. The number of allylic oxidation sites excluding steroid dienone is 1. The van der Waals surface area contributed by atoms with E-state index in [1.807, 2.05) is 0 Å². The highest BCUT2D eigenvalue weighted by atomic mass is 19.3. The molecule has 0 spiro atoms. The molecule has 4 rings (SSSR count). The van der Waals surface area contributed by atoms with Crippen LogP contribution in [0.1, 0.15) is 105 Å². The Bertz CT molecular complexity index is 722. The SMILES string of the molecule is CCC(C)C1CCC2(C)C(=CCC3(N)C2CCC2(C)C(CCCC(=O)OF)CCC23)C1. The van der Waals surface area contributed by atoms with E-state index >= 15 is 0 Å².